The maximum absolute atomic E-state index is 12.8. The first-order chi connectivity index (χ1) is 17.7. The highest BCUT2D eigenvalue weighted by molar-refractivity contribution is 7.13. The molecule has 0 saturated heterocycles. The number of amides is 3. The second-order valence-electron chi connectivity index (χ2n) is 7.93. The average Bonchev–Trinajstić information content (AvgIpc) is 3.31. The van der Waals surface area contributed by atoms with E-state index in [0.29, 0.717) is 16.8 Å². The van der Waals surface area contributed by atoms with Gasteiger partial charge in [-0.25, -0.2) is 4.98 Å². The van der Waals surface area contributed by atoms with E-state index in [4.69, 9.17) is 4.74 Å². The lowest BCUT2D eigenvalue weighted by Gasteiger charge is -2.21. The number of nitrogens with zero attached hydrogens (tertiary/aromatic N) is 2. The minimum Gasteiger partial charge on any atom is -0.383 e. The molecule has 0 radical (unpaired) electrons. The molecule has 2 N–H and O–H groups in total. The lowest BCUT2D eigenvalue weighted by Crippen LogP contribution is -2.40. The van der Waals surface area contributed by atoms with Gasteiger partial charge in [0.15, 0.2) is 5.13 Å². The highest BCUT2D eigenvalue weighted by Gasteiger charge is 2.30. The zero-order valence-corrected chi connectivity index (χ0v) is 20.7. The number of benzene rings is 2. The van der Waals surface area contributed by atoms with E-state index < -0.39 is 23.6 Å². The van der Waals surface area contributed by atoms with Crippen LogP contribution in [0.5, 0.6) is 0 Å². The van der Waals surface area contributed by atoms with E-state index in [0.717, 1.165) is 23.5 Å². The summed E-state index contributed by atoms with van der Waals surface area (Å²) in [6, 6.07) is 13.3. The van der Waals surface area contributed by atoms with Gasteiger partial charge in [-0.3, -0.25) is 14.4 Å². The van der Waals surface area contributed by atoms with E-state index in [1.807, 2.05) is 0 Å². The average molecular weight is 535 g/mol. The van der Waals surface area contributed by atoms with Crippen LogP contribution in [0.25, 0.3) is 0 Å². The number of thiazole rings is 1. The zero-order chi connectivity index (χ0) is 26.8. The van der Waals surface area contributed by atoms with E-state index >= 15 is 0 Å². The molecule has 0 atom stereocenters. The highest BCUT2D eigenvalue weighted by Crippen LogP contribution is 2.29. The molecule has 0 unspecified atom stereocenters. The number of ether oxygens (including phenoxy) is 1. The largest absolute Gasteiger partial charge is 0.416 e. The third-order valence-electron chi connectivity index (χ3n) is 5.09. The SMILES string of the molecule is COCCN(CC(=O)Nc1nc(CC(=O)NCc2cccc(C(F)(F)F)c2)cs1)C(=O)c1ccccc1. The lowest BCUT2D eigenvalue weighted by molar-refractivity contribution is -0.137. The van der Waals surface area contributed by atoms with Crippen molar-refractivity contribution < 1.29 is 32.3 Å². The number of carbonyl (C=O) groups is 3. The molecule has 37 heavy (non-hydrogen) atoms. The molecule has 8 nitrogen and oxygen atoms in total. The van der Waals surface area contributed by atoms with Crippen molar-refractivity contribution in [3.05, 3.63) is 82.4 Å². The van der Waals surface area contributed by atoms with Crippen molar-refractivity contribution >= 4 is 34.2 Å². The summed E-state index contributed by atoms with van der Waals surface area (Å²) in [5, 5.41) is 7.04. The van der Waals surface area contributed by atoms with Crippen molar-refractivity contribution in [3.8, 4) is 0 Å². The number of anilines is 1. The second kappa shape index (κ2) is 13.0. The Hall–Kier alpha value is -3.77. The molecular formula is C25H25F3N4O4S. The Bertz CT molecular complexity index is 1220. The molecule has 0 fully saturated rings. The van der Waals surface area contributed by atoms with Gasteiger partial charge < -0.3 is 20.3 Å². The first-order valence-corrected chi connectivity index (χ1v) is 12.0. The summed E-state index contributed by atoms with van der Waals surface area (Å²) < 4.78 is 43.6. The third kappa shape index (κ3) is 8.69. The molecule has 3 aromatic rings. The van der Waals surface area contributed by atoms with E-state index in [2.05, 4.69) is 15.6 Å². The summed E-state index contributed by atoms with van der Waals surface area (Å²) >= 11 is 1.11. The van der Waals surface area contributed by atoms with Gasteiger partial charge >= 0.3 is 6.18 Å². The second-order valence-corrected chi connectivity index (χ2v) is 8.79. The lowest BCUT2D eigenvalue weighted by atomic mass is 10.1. The number of methoxy groups -OCH3 is 1. The van der Waals surface area contributed by atoms with Gasteiger partial charge in [0.25, 0.3) is 5.91 Å². The van der Waals surface area contributed by atoms with Gasteiger partial charge in [-0.05, 0) is 29.8 Å². The Morgan fingerprint density at radius 3 is 2.51 bits per heavy atom. The van der Waals surface area contributed by atoms with Crippen LogP contribution >= 0.6 is 11.3 Å². The number of halogens is 3. The van der Waals surface area contributed by atoms with Crippen LogP contribution < -0.4 is 10.6 Å². The standard InChI is InChI=1S/C25H25F3N4O4S/c1-36-11-10-32(23(35)18-7-3-2-4-8-18)15-22(34)31-24-30-20(16-37-24)13-21(33)29-14-17-6-5-9-19(12-17)25(26,27)28/h2-9,12,16H,10-11,13-15H2,1H3,(H,29,33)(H,30,31,34). The van der Waals surface area contributed by atoms with E-state index in [1.54, 1.807) is 35.7 Å². The molecule has 0 saturated carbocycles. The fourth-order valence-corrected chi connectivity index (χ4v) is 4.01. The highest BCUT2D eigenvalue weighted by atomic mass is 32.1. The third-order valence-corrected chi connectivity index (χ3v) is 5.90. The fourth-order valence-electron chi connectivity index (χ4n) is 3.28. The number of rotatable bonds is 11. The molecule has 2 aromatic carbocycles. The number of hydrogen-bond acceptors (Lipinski definition) is 6. The zero-order valence-electron chi connectivity index (χ0n) is 19.9. The Labute approximate surface area is 215 Å². The Morgan fingerprint density at radius 1 is 1.05 bits per heavy atom. The molecule has 0 aliphatic rings. The smallest absolute Gasteiger partial charge is 0.383 e. The molecule has 12 heteroatoms. The van der Waals surface area contributed by atoms with Gasteiger partial charge in [-0.1, -0.05) is 30.3 Å². The van der Waals surface area contributed by atoms with Crippen molar-refractivity contribution in [2.24, 2.45) is 0 Å². The van der Waals surface area contributed by atoms with Crippen molar-refractivity contribution in [2.45, 2.75) is 19.1 Å². The van der Waals surface area contributed by atoms with Gasteiger partial charge in [-0.2, -0.15) is 13.2 Å². The molecule has 0 bridgehead atoms. The summed E-state index contributed by atoms with van der Waals surface area (Å²) in [5.74, 6) is -1.21. The number of aromatic nitrogens is 1. The quantitative estimate of drug-likeness (QED) is 0.390. The van der Waals surface area contributed by atoms with Gasteiger partial charge in [0.05, 0.1) is 24.3 Å². The van der Waals surface area contributed by atoms with Crippen molar-refractivity contribution in [1.29, 1.82) is 0 Å². The summed E-state index contributed by atoms with van der Waals surface area (Å²) in [7, 11) is 1.50. The summed E-state index contributed by atoms with van der Waals surface area (Å²) in [6.45, 7) is 0.183. The molecular weight excluding hydrogens is 509 g/mol. The Kier molecular flexibility index (Phi) is 9.75. The monoisotopic (exact) mass is 534 g/mol. The number of hydrogen-bond donors (Lipinski definition) is 2. The minimum absolute atomic E-state index is 0.0662. The van der Waals surface area contributed by atoms with E-state index in [1.165, 1.54) is 24.1 Å². The van der Waals surface area contributed by atoms with Crippen LogP contribution in [0.1, 0.15) is 27.2 Å². The van der Waals surface area contributed by atoms with Crippen LogP contribution in [-0.2, 0) is 33.5 Å². The van der Waals surface area contributed by atoms with Crippen molar-refractivity contribution in [3.63, 3.8) is 0 Å². The van der Waals surface area contributed by atoms with E-state index in [-0.39, 0.29) is 43.7 Å². The Morgan fingerprint density at radius 2 is 1.81 bits per heavy atom. The summed E-state index contributed by atoms with van der Waals surface area (Å²) in [6.07, 6.45) is -4.57. The molecule has 0 spiro atoms. The van der Waals surface area contributed by atoms with E-state index in [9.17, 15) is 27.6 Å². The molecule has 0 aliphatic carbocycles. The van der Waals surface area contributed by atoms with Gasteiger partial charge in [0.1, 0.15) is 6.54 Å². The van der Waals surface area contributed by atoms with Crippen molar-refractivity contribution in [2.75, 3.05) is 32.1 Å². The van der Waals surface area contributed by atoms with Crippen LogP contribution in [0.2, 0.25) is 0 Å². The minimum atomic E-state index is -4.46. The van der Waals surface area contributed by atoms with Gasteiger partial charge in [0, 0.05) is 31.1 Å². The van der Waals surface area contributed by atoms with Crippen LogP contribution in [0.15, 0.2) is 60.0 Å². The normalized spacial score (nSPS) is 11.1. The van der Waals surface area contributed by atoms with Crippen LogP contribution in [0, 0.1) is 0 Å². The topological polar surface area (TPSA) is 101 Å². The number of carbonyl (C=O) groups excluding carboxylic acids is 3. The van der Waals surface area contributed by atoms with Crippen LogP contribution in [-0.4, -0.2) is 54.4 Å². The summed E-state index contributed by atoms with van der Waals surface area (Å²) in [5.41, 5.74) is 0.361. The number of alkyl halides is 3. The molecule has 3 rings (SSSR count). The maximum Gasteiger partial charge on any atom is 0.416 e. The first kappa shape index (κ1) is 27.8. The molecule has 1 aromatic heterocycles. The molecule has 3 amide bonds. The predicted molar refractivity (Wildman–Crippen MR) is 132 cm³/mol. The van der Waals surface area contributed by atoms with Crippen molar-refractivity contribution in [1.82, 2.24) is 15.2 Å². The fraction of sp³-hybridized carbons (Fsp3) is 0.280. The predicted octanol–water partition coefficient (Wildman–Crippen LogP) is 3.75. The Balaban J connectivity index is 1.52. The van der Waals surface area contributed by atoms with Crippen LogP contribution in [0.4, 0.5) is 18.3 Å². The molecule has 1 heterocycles. The summed E-state index contributed by atoms with van der Waals surface area (Å²) in [4.78, 5) is 43.2. The van der Waals surface area contributed by atoms with Gasteiger partial charge in [-0.15, -0.1) is 11.3 Å². The van der Waals surface area contributed by atoms with Crippen LogP contribution in [0.3, 0.4) is 0 Å². The molecule has 196 valence electrons. The first-order valence-electron chi connectivity index (χ1n) is 11.2. The number of nitrogens with one attached hydrogen (secondary N) is 2. The maximum atomic E-state index is 12.8. The molecule has 0 aliphatic heterocycles. The van der Waals surface area contributed by atoms with Gasteiger partial charge in [0.2, 0.25) is 11.8 Å².